The highest BCUT2D eigenvalue weighted by molar-refractivity contribution is 7.99. The van der Waals surface area contributed by atoms with E-state index in [0.717, 1.165) is 15.5 Å². The molecule has 94 valence electrons. The predicted molar refractivity (Wildman–Crippen MR) is 72.0 cm³/mol. The van der Waals surface area contributed by atoms with Gasteiger partial charge in [0.15, 0.2) is 0 Å². The lowest BCUT2D eigenvalue weighted by Gasteiger charge is -2.08. The number of pyridine rings is 1. The molecule has 1 N–H and O–H groups in total. The topological polar surface area (TPSA) is 42.4 Å². The molecule has 0 bridgehead atoms. The van der Waals surface area contributed by atoms with E-state index in [9.17, 15) is 5.11 Å². The highest BCUT2D eigenvalue weighted by Gasteiger charge is 2.06. The van der Waals surface area contributed by atoms with Crippen molar-refractivity contribution in [3.63, 3.8) is 0 Å². The van der Waals surface area contributed by atoms with Crippen molar-refractivity contribution in [2.45, 2.75) is 22.8 Å². The van der Waals surface area contributed by atoms with Crippen LogP contribution in [-0.4, -0.2) is 17.2 Å². The normalized spacial score (nSPS) is 12.2. The number of methoxy groups -OCH3 is 1. The number of ether oxygens (including phenoxy) is 1. The molecule has 0 amide bonds. The van der Waals surface area contributed by atoms with E-state index in [1.54, 1.807) is 32.0 Å². The smallest absolute Gasteiger partial charge is 0.132 e. The fourth-order valence-electron chi connectivity index (χ4n) is 1.53. The number of hydrogen-bond acceptors (Lipinski definition) is 4. The molecule has 0 radical (unpaired) electrons. The van der Waals surface area contributed by atoms with Gasteiger partial charge in [-0.1, -0.05) is 23.9 Å². The number of aromatic nitrogens is 1. The Kier molecular flexibility index (Phi) is 4.23. The van der Waals surface area contributed by atoms with Crippen LogP contribution in [0.1, 0.15) is 18.7 Å². The van der Waals surface area contributed by atoms with Gasteiger partial charge in [0.1, 0.15) is 5.75 Å². The number of para-hydroxylation sites is 1. The van der Waals surface area contributed by atoms with E-state index in [0.29, 0.717) is 5.69 Å². The summed E-state index contributed by atoms with van der Waals surface area (Å²) in [5.41, 5.74) is 0.680. The summed E-state index contributed by atoms with van der Waals surface area (Å²) in [6.45, 7) is 1.70. The zero-order valence-corrected chi connectivity index (χ0v) is 11.1. The molecule has 2 rings (SSSR count). The van der Waals surface area contributed by atoms with E-state index in [4.69, 9.17) is 4.74 Å². The summed E-state index contributed by atoms with van der Waals surface area (Å²) in [4.78, 5) is 6.28. The number of hydrogen-bond donors (Lipinski definition) is 1. The first-order valence-electron chi connectivity index (χ1n) is 5.65. The van der Waals surface area contributed by atoms with Crippen molar-refractivity contribution < 1.29 is 9.84 Å². The fourth-order valence-corrected chi connectivity index (χ4v) is 2.42. The Morgan fingerprint density at radius 1 is 1.22 bits per heavy atom. The first-order valence-corrected chi connectivity index (χ1v) is 6.47. The summed E-state index contributed by atoms with van der Waals surface area (Å²) in [5.74, 6) is 0.849. The molecule has 0 unspecified atom stereocenters. The molecule has 0 aliphatic heterocycles. The molecule has 0 saturated carbocycles. The number of rotatable bonds is 4. The molecular formula is C14H15NO2S. The van der Waals surface area contributed by atoms with Crippen LogP contribution >= 0.6 is 11.8 Å². The van der Waals surface area contributed by atoms with Gasteiger partial charge in [-0.25, -0.2) is 0 Å². The standard InChI is InChI=1S/C14H15NO2S/c1-10(16)12-8-7-11(9-15-12)18-14-6-4-3-5-13(14)17-2/h3-10,16H,1-2H3/t10-/m0/s1. The Morgan fingerprint density at radius 2 is 2.00 bits per heavy atom. The van der Waals surface area contributed by atoms with Crippen LogP contribution in [0, 0.1) is 0 Å². The maximum absolute atomic E-state index is 9.40. The highest BCUT2D eigenvalue weighted by atomic mass is 32.2. The summed E-state index contributed by atoms with van der Waals surface area (Å²) in [7, 11) is 1.66. The second-order valence-electron chi connectivity index (χ2n) is 3.85. The van der Waals surface area contributed by atoms with Crippen LogP contribution in [0.15, 0.2) is 52.4 Å². The average molecular weight is 261 g/mol. The average Bonchev–Trinajstić information content (AvgIpc) is 2.40. The molecule has 0 spiro atoms. The summed E-state index contributed by atoms with van der Waals surface area (Å²) >= 11 is 1.59. The minimum absolute atomic E-state index is 0.532. The molecule has 0 aliphatic rings. The maximum atomic E-state index is 9.40. The zero-order valence-electron chi connectivity index (χ0n) is 10.3. The molecule has 0 aliphatic carbocycles. The van der Waals surface area contributed by atoms with Crippen LogP contribution in [0.5, 0.6) is 5.75 Å². The number of benzene rings is 1. The monoisotopic (exact) mass is 261 g/mol. The van der Waals surface area contributed by atoms with E-state index in [2.05, 4.69) is 4.98 Å². The van der Waals surface area contributed by atoms with E-state index in [-0.39, 0.29) is 0 Å². The molecule has 2 aromatic rings. The summed E-state index contributed by atoms with van der Waals surface area (Å²) in [6.07, 6.45) is 1.23. The molecular weight excluding hydrogens is 246 g/mol. The maximum Gasteiger partial charge on any atom is 0.132 e. The van der Waals surface area contributed by atoms with Gasteiger partial charge in [0.2, 0.25) is 0 Å². The van der Waals surface area contributed by atoms with Crippen molar-refractivity contribution >= 4 is 11.8 Å². The highest BCUT2D eigenvalue weighted by Crippen LogP contribution is 2.34. The minimum Gasteiger partial charge on any atom is -0.496 e. The lowest BCUT2D eigenvalue weighted by Crippen LogP contribution is -1.94. The fraction of sp³-hybridized carbons (Fsp3) is 0.214. The number of aliphatic hydroxyl groups excluding tert-OH is 1. The van der Waals surface area contributed by atoms with Gasteiger partial charge < -0.3 is 9.84 Å². The molecule has 0 saturated heterocycles. The van der Waals surface area contributed by atoms with Gasteiger partial charge in [0, 0.05) is 11.1 Å². The molecule has 4 heteroatoms. The van der Waals surface area contributed by atoms with Crippen LogP contribution in [0.25, 0.3) is 0 Å². The molecule has 3 nitrogen and oxygen atoms in total. The molecule has 1 atom stereocenters. The second-order valence-corrected chi connectivity index (χ2v) is 4.96. The lowest BCUT2D eigenvalue weighted by atomic mass is 10.2. The van der Waals surface area contributed by atoms with Gasteiger partial charge in [-0.2, -0.15) is 0 Å². The molecule has 18 heavy (non-hydrogen) atoms. The lowest BCUT2D eigenvalue weighted by molar-refractivity contribution is 0.194. The van der Waals surface area contributed by atoms with Gasteiger partial charge in [0.25, 0.3) is 0 Å². The van der Waals surface area contributed by atoms with E-state index < -0.39 is 6.10 Å². The number of nitrogens with zero attached hydrogens (tertiary/aromatic N) is 1. The summed E-state index contributed by atoms with van der Waals surface area (Å²) < 4.78 is 5.30. The van der Waals surface area contributed by atoms with Crippen LogP contribution < -0.4 is 4.74 Å². The Labute approximate surface area is 111 Å². The second kappa shape index (κ2) is 5.89. The van der Waals surface area contributed by atoms with Crippen molar-refractivity contribution in [1.82, 2.24) is 4.98 Å². The Bertz CT molecular complexity index is 511. The Balaban J connectivity index is 2.18. The van der Waals surface area contributed by atoms with Crippen molar-refractivity contribution in [2.75, 3.05) is 7.11 Å². The van der Waals surface area contributed by atoms with Crippen molar-refractivity contribution in [3.05, 3.63) is 48.3 Å². The SMILES string of the molecule is COc1ccccc1Sc1ccc([C@H](C)O)nc1. The van der Waals surface area contributed by atoms with Gasteiger partial charge in [-0.05, 0) is 31.2 Å². The van der Waals surface area contributed by atoms with Crippen LogP contribution in [0.4, 0.5) is 0 Å². The van der Waals surface area contributed by atoms with Crippen molar-refractivity contribution in [3.8, 4) is 5.75 Å². The van der Waals surface area contributed by atoms with Crippen molar-refractivity contribution in [1.29, 1.82) is 0 Å². The van der Waals surface area contributed by atoms with Crippen LogP contribution in [-0.2, 0) is 0 Å². The zero-order chi connectivity index (χ0) is 13.0. The third-order valence-corrected chi connectivity index (χ3v) is 3.52. The first-order chi connectivity index (χ1) is 8.70. The van der Waals surface area contributed by atoms with E-state index in [1.165, 1.54) is 0 Å². The molecule has 1 aromatic heterocycles. The summed E-state index contributed by atoms with van der Waals surface area (Å²) in [5, 5.41) is 9.40. The van der Waals surface area contributed by atoms with Crippen molar-refractivity contribution in [2.24, 2.45) is 0 Å². The van der Waals surface area contributed by atoms with Gasteiger partial charge in [0.05, 0.1) is 23.8 Å². The van der Waals surface area contributed by atoms with Gasteiger partial charge in [-0.15, -0.1) is 0 Å². The third-order valence-electron chi connectivity index (χ3n) is 2.48. The summed E-state index contributed by atoms with van der Waals surface area (Å²) in [6, 6.07) is 11.6. The van der Waals surface area contributed by atoms with Crippen LogP contribution in [0.2, 0.25) is 0 Å². The number of aliphatic hydroxyl groups is 1. The Hall–Kier alpha value is -1.52. The van der Waals surface area contributed by atoms with Gasteiger partial charge in [-0.3, -0.25) is 4.98 Å². The Morgan fingerprint density at radius 3 is 2.61 bits per heavy atom. The van der Waals surface area contributed by atoms with E-state index >= 15 is 0 Å². The quantitative estimate of drug-likeness (QED) is 0.917. The van der Waals surface area contributed by atoms with Gasteiger partial charge >= 0.3 is 0 Å². The largest absolute Gasteiger partial charge is 0.496 e. The third kappa shape index (κ3) is 3.03. The first kappa shape index (κ1) is 12.9. The molecule has 1 aromatic carbocycles. The molecule has 0 fully saturated rings. The predicted octanol–water partition coefficient (Wildman–Crippen LogP) is 3.29. The molecule has 1 heterocycles. The van der Waals surface area contributed by atoms with E-state index in [1.807, 2.05) is 36.4 Å². The minimum atomic E-state index is -0.532. The van der Waals surface area contributed by atoms with Crippen LogP contribution in [0.3, 0.4) is 0 Å².